The number of rotatable bonds is 0. The molecule has 2 bridgehead atoms. The molecule has 0 aromatic rings. The van der Waals surface area contributed by atoms with Crippen LogP contribution in [0.25, 0.3) is 0 Å². The second-order valence-electron chi connectivity index (χ2n) is 3.66. The summed E-state index contributed by atoms with van der Waals surface area (Å²) in [5, 5.41) is 9.53. The molecule has 2 rings (SSSR count). The zero-order chi connectivity index (χ0) is 7.19. The summed E-state index contributed by atoms with van der Waals surface area (Å²) in [5.74, 6) is 3.50. The highest BCUT2D eigenvalue weighted by atomic mass is 16.3. The van der Waals surface area contributed by atoms with Crippen molar-refractivity contribution in [1.82, 2.24) is 0 Å². The molecule has 54 valence electrons. The number of hydrogen-bond acceptors (Lipinski definition) is 1. The maximum absolute atomic E-state index is 9.53. The van der Waals surface area contributed by atoms with Crippen molar-refractivity contribution in [2.24, 2.45) is 11.3 Å². The van der Waals surface area contributed by atoms with Crippen molar-refractivity contribution in [3.63, 3.8) is 0 Å². The lowest BCUT2D eigenvalue weighted by molar-refractivity contribution is 0.0776. The molecule has 10 heavy (non-hydrogen) atoms. The largest absolute Gasteiger partial charge is 0.392 e. The average Bonchev–Trinajstić information content (AvgIpc) is 2.44. The standard InChI is InChI=1S/C9H12O/c1-2-9-4-3-7(6-9)5-8(9)10/h1,7-8,10H,3-6H2. The van der Waals surface area contributed by atoms with E-state index in [1.165, 1.54) is 6.42 Å². The summed E-state index contributed by atoms with van der Waals surface area (Å²) in [7, 11) is 0. The van der Waals surface area contributed by atoms with Gasteiger partial charge in [-0.05, 0) is 31.6 Å². The molecule has 1 heteroatoms. The number of aliphatic hydroxyl groups is 1. The van der Waals surface area contributed by atoms with E-state index in [1.54, 1.807) is 0 Å². The van der Waals surface area contributed by atoms with Crippen molar-refractivity contribution < 1.29 is 5.11 Å². The summed E-state index contributed by atoms with van der Waals surface area (Å²) in [4.78, 5) is 0. The molecule has 3 atom stereocenters. The third-order valence-electron chi connectivity index (χ3n) is 3.13. The van der Waals surface area contributed by atoms with Crippen LogP contribution in [-0.2, 0) is 0 Å². The van der Waals surface area contributed by atoms with Crippen molar-refractivity contribution in [2.75, 3.05) is 0 Å². The van der Waals surface area contributed by atoms with E-state index in [1.807, 2.05) is 0 Å². The molecule has 3 unspecified atom stereocenters. The van der Waals surface area contributed by atoms with Crippen LogP contribution in [0.2, 0.25) is 0 Å². The van der Waals surface area contributed by atoms with Crippen LogP contribution >= 0.6 is 0 Å². The van der Waals surface area contributed by atoms with E-state index in [4.69, 9.17) is 6.42 Å². The average molecular weight is 136 g/mol. The predicted octanol–water partition coefficient (Wildman–Crippen LogP) is 1.17. The first kappa shape index (κ1) is 6.24. The fourth-order valence-electron chi connectivity index (χ4n) is 2.45. The van der Waals surface area contributed by atoms with Gasteiger partial charge in [0.15, 0.2) is 0 Å². The van der Waals surface area contributed by atoms with Crippen LogP contribution in [-0.4, -0.2) is 11.2 Å². The zero-order valence-electron chi connectivity index (χ0n) is 6.01. The highest BCUT2D eigenvalue weighted by Gasteiger charge is 2.50. The first-order valence-corrected chi connectivity index (χ1v) is 3.93. The van der Waals surface area contributed by atoms with E-state index in [-0.39, 0.29) is 11.5 Å². The molecule has 0 spiro atoms. The molecular weight excluding hydrogens is 124 g/mol. The van der Waals surface area contributed by atoms with Gasteiger partial charge in [0.2, 0.25) is 0 Å². The molecule has 2 fully saturated rings. The molecule has 1 N–H and O–H groups in total. The van der Waals surface area contributed by atoms with Gasteiger partial charge in [0, 0.05) is 0 Å². The fourth-order valence-corrected chi connectivity index (χ4v) is 2.45. The van der Waals surface area contributed by atoms with Crippen molar-refractivity contribution in [3.05, 3.63) is 0 Å². The molecule has 0 amide bonds. The Morgan fingerprint density at radius 2 is 2.40 bits per heavy atom. The third-order valence-corrected chi connectivity index (χ3v) is 3.13. The van der Waals surface area contributed by atoms with Gasteiger partial charge in [-0.2, -0.15) is 0 Å². The number of aliphatic hydroxyl groups excluding tert-OH is 1. The lowest BCUT2D eigenvalue weighted by atomic mass is 9.83. The molecule has 2 aliphatic rings. The van der Waals surface area contributed by atoms with Gasteiger partial charge >= 0.3 is 0 Å². The minimum Gasteiger partial charge on any atom is -0.392 e. The van der Waals surface area contributed by atoms with Crippen molar-refractivity contribution in [2.45, 2.75) is 31.8 Å². The van der Waals surface area contributed by atoms with Gasteiger partial charge in [0.1, 0.15) is 0 Å². The van der Waals surface area contributed by atoms with Gasteiger partial charge in [-0.3, -0.25) is 0 Å². The van der Waals surface area contributed by atoms with Crippen LogP contribution in [0.4, 0.5) is 0 Å². The van der Waals surface area contributed by atoms with Gasteiger partial charge in [-0.1, -0.05) is 5.92 Å². The Morgan fingerprint density at radius 1 is 1.60 bits per heavy atom. The Kier molecular flexibility index (Phi) is 1.10. The highest BCUT2D eigenvalue weighted by molar-refractivity contribution is 5.17. The Balaban J connectivity index is 2.29. The van der Waals surface area contributed by atoms with Crippen LogP contribution in [0.5, 0.6) is 0 Å². The molecule has 0 aromatic carbocycles. The second kappa shape index (κ2) is 1.77. The molecule has 0 saturated heterocycles. The molecule has 0 aliphatic heterocycles. The number of fused-ring (bicyclic) bond motifs is 2. The Morgan fingerprint density at radius 3 is 2.70 bits per heavy atom. The maximum Gasteiger partial charge on any atom is 0.0708 e. The van der Waals surface area contributed by atoms with E-state index in [0.29, 0.717) is 0 Å². The first-order valence-electron chi connectivity index (χ1n) is 3.93. The van der Waals surface area contributed by atoms with Gasteiger partial charge in [0.05, 0.1) is 11.5 Å². The lowest BCUT2D eigenvalue weighted by Gasteiger charge is -2.25. The molecule has 1 nitrogen and oxygen atoms in total. The summed E-state index contributed by atoms with van der Waals surface area (Å²) < 4.78 is 0. The monoisotopic (exact) mass is 136 g/mol. The molecule has 0 heterocycles. The number of terminal acetylenes is 1. The third kappa shape index (κ3) is 0.578. The van der Waals surface area contributed by atoms with Gasteiger partial charge < -0.3 is 5.11 Å². The summed E-state index contributed by atoms with van der Waals surface area (Å²) in [6.07, 6.45) is 9.50. The van der Waals surface area contributed by atoms with Crippen LogP contribution in [0.3, 0.4) is 0 Å². The van der Waals surface area contributed by atoms with Gasteiger partial charge in [-0.15, -0.1) is 6.42 Å². The molecular formula is C9H12O. The highest BCUT2D eigenvalue weighted by Crippen LogP contribution is 2.53. The smallest absolute Gasteiger partial charge is 0.0708 e. The Hall–Kier alpha value is -0.480. The van der Waals surface area contributed by atoms with Crippen molar-refractivity contribution in [1.29, 1.82) is 0 Å². The van der Waals surface area contributed by atoms with E-state index in [9.17, 15) is 5.11 Å². The lowest BCUT2D eigenvalue weighted by Crippen LogP contribution is -2.27. The summed E-state index contributed by atoms with van der Waals surface area (Å²) >= 11 is 0. The predicted molar refractivity (Wildman–Crippen MR) is 39.2 cm³/mol. The van der Waals surface area contributed by atoms with Crippen LogP contribution < -0.4 is 0 Å². The van der Waals surface area contributed by atoms with Crippen LogP contribution in [0.15, 0.2) is 0 Å². The zero-order valence-corrected chi connectivity index (χ0v) is 6.01. The van der Waals surface area contributed by atoms with E-state index in [2.05, 4.69) is 5.92 Å². The fraction of sp³-hybridized carbons (Fsp3) is 0.778. The maximum atomic E-state index is 9.53. The van der Waals surface area contributed by atoms with Crippen LogP contribution in [0.1, 0.15) is 25.7 Å². The Bertz CT molecular complexity index is 191. The first-order chi connectivity index (χ1) is 4.77. The SMILES string of the molecule is C#CC12CCC(CC1O)C2. The van der Waals surface area contributed by atoms with Gasteiger partial charge in [0.25, 0.3) is 0 Å². The molecule has 0 radical (unpaired) electrons. The van der Waals surface area contributed by atoms with Crippen molar-refractivity contribution in [3.8, 4) is 12.3 Å². The van der Waals surface area contributed by atoms with Crippen LogP contribution in [0, 0.1) is 23.7 Å². The summed E-state index contributed by atoms with van der Waals surface area (Å²) in [6, 6.07) is 0. The molecule has 2 saturated carbocycles. The second-order valence-corrected chi connectivity index (χ2v) is 3.66. The number of hydrogen-bond donors (Lipinski definition) is 1. The topological polar surface area (TPSA) is 20.2 Å². The van der Waals surface area contributed by atoms with E-state index >= 15 is 0 Å². The van der Waals surface area contributed by atoms with E-state index < -0.39 is 0 Å². The molecule has 2 aliphatic carbocycles. The summed E-state index contributed by atoms with van der Waals surface area (Å²) in [6.45, 7) is 0. The minimum absolute atomic E-state index is 0.106. The summed E-state index contributed by atoms with van der Waals surface area (Å²) in [5.41, 5.74) is -0.106. The van der Waals surface area contributed by atoms with Crippen molar-refractivity contribution >= 4 is 0 Å². The normalized spacial score (nSPS) is 51.2. The Labute approximate surface area is 61.4 Å². The quantitative estimate of drug-likeness (QED) is 0.496. The van der Waals surface area contributed by atoms with Gasteiger partial charge in [-0.25, -0.2) is 0 Å². The molecule has 0 aromatic heterocycles. The van der Waals surface area contributed by atoms with E-state index in [0.717, 1.165) is 25.2 Å². The minimum atomic E-state index is -0.198.